The van der Waals surface area contributed by atoms with Crippen molar-refractivity contribution in [1.29, 1.82) is 0 Å². The fourth-order valence-corrected chi connectivity index (χ4v) is 5.16. The second kappa shape index (κ2) is 8.53. The molecule has 4 aromatic rings. The lowest BCUT2D eigenvalue weighted by Gasteiger charge is -2.29. The van der Waals surface area contributed by atoms with Crippen LogP contribution in [0.3, 0.4) is 0 Å². The van der Waals surface area contributed by atoms with Crippen LogP contribution in [-0.2, 0) is 14.4 Å². The largest absolute Gasteiger partial charge is 0.273 e. The summed E-state index contributed by atoms with van der Waals surface area (Å²) >= 11 is 0. The first-order valence-electron chi connectivity index (χ1n) is 11.7. The Labute approximate surface area is 204 Å². The highest BCUT2D eigenvalue weighted by Gasteiger charge is 2.60. The number of fused-ring (bicyclic) bond motifs is 1. The monoisotopic (exact) mass is 460 g/mol. The summed E-state index contributed by atoms with van der Waals surface area (Å²) < 4.78 is 0. The van der Waals surface area contributed by atoms with Crippen molar-refractivity contribution in [2.45, 2.75) is 19.1 Å². The summed E-state index contributed by atoms with van der Waals surface area (Å²) in [5.74, 6) is -1.22. The summed E-state index contributed by atoms with van der Waals surface area (Å²) in [7, 11) is 0. The molecular weight excluding hydrogens is 436 g/mol. The van der Waals surface area contributed by atoms with E-state index in [0.717, 1.165) is 27.9 Å². The molecule has 172 valence electrons. The number of carbonyl (C=O) groups excluding carboxylic acids is 2. The van der Waals surface area contributed by atoms with Crippen LogP contribution in [0.2, 0.25) is 0 Å². The lowest BCUT2D eigenvalue weighted by molar-refractivity contribution is -0.126. The fraction of sp³-hybridized carbons (Fsp3) is 0.133. The molecule has 0 spiro atoms. The highest BCUT2D eigenvalue weighted by molar-refractivity contribution is 6.24. The van der Waals surface area contributed by atoms with Crippen molar-refractivity contribution in [3.05, 3.63) is 120 Å². The molecule has 35 heavy (non-hydrogen) atoms. The SMILES string of the molecule is Cc1ccccc1[C@@H]1[C@@H]2C(=O)N(c3cccc(-c4ccccc4)c3)C(=O)[C@@H]2ON1c1ccccc1. The third-order valence-corrected chi connectivity index (χ3v) is 6.84. The summed E-state index contributed by atoms with van der Waals surface area (Å²) in [5.41, 5.74) is 5.38. The number of amides is 2. The maximum Gasteiger partial charge on any atom is 0.266 e. The van der Waals surface area contributed by atoms with E-state index in [9.17, 15) is 9.59 Å². The second-order valence-corrected chi connectivity index (χ2v) is 8.94. The van der Waals surface area contributed by atoms with Crippen LogP contribution in [0.25, 0.3) is 11.1 Å². The number of hydroxylamine groups is 1. The summed E-state index contributed by atoms with van der Waals surface area (Å²) in [6.07, 6.45) is -0.882. The van der Waals surface area contributed by atoms with E-state index in [1.807, 2.05) is 110 Å². The van der Waals surface area contributed by atoms with Crippen molar-refractivity contribution in [3.8, 4) is 11.1 Å². The third-order valence-electron chi connectivity index (χ3n) is 6.84. The van der Waals surface area contributed by atoms with Crippen LogP contribution in [0.5, 0.6) is 0 Å². The molecule has 2 aliphatic rings. The normalized spacial score (nSPS) is 21.5. The van der Waals surface area contributed by atoms with Gasteiger partial charge < -0.3 is 0 Å². The molecule has 5 nitrogen and oxygen atoms in total. The Bertz CT molecular complexity index is 1400. The number of aryl methyl sites for hydroxylation is 1. The number of imide groups is 1. The molecule has 6 rings (SSSR count). The summed E-state index contributed by atoms with van der Waals surface area (Å²) in [5, 5.41) is 1.74. The Morgan fingerprint density at radius 1 is 0.657 bits per heavy atom. The van der Waals surface area contributed by atoms with Crippen LogP contribution in [0.1, 0.15) is 17.2 Å². The van der Waals surface area contributed by atoms with Crippen LogP contribution < -0.4 is 9.96 Å². The predicted octanol–water partition coefficient (Wildman–Crippen LogP) is 5.71. The molecular formula is C30H24N2O3. The Morgan fingerprint density at radius 3 is 2.03 bits per heavy atom. The van der Waals surface area contributed by atoms with Gasteiger partial charge in [0.1, 0.15) is 5.92 Å². The van der Waals surface area contributed by atoms with Gasteiger partial charge in [0.15, 0.2) is 6.10 Å². The van der Waals surface area contributed by atoms with Crippen LogP contribution in [0.15, 0.2) is 109 Å². The molecule has 0 unspecified atom stereocenters. The minimum atomic E-state index is -0.882. The van der Waals surface area contributed by atoms with Crippen molar-refractivity contribution in [1.82, 2.24) is 0 Å². The number of anilines is 2. The highest BCUT2D eigenvalue weighted by Crippen LogP contribution is 2.48. The zero-order valence-corrected chi connectivity index (χ0v) is 19.2. The Hall–Kier alpha value is -4.22. The molecule has 0 N–H and O–H groups in total. The number of nitrogens with zero attached hydrogens (tertiary/aromatic N) is 2. The van der Waals surface area contributed by atoms with Crippen molar-refractivity contribution >= 4 is 23.2 Å². The number of hydrogen-bond donors (Lipinski definition) is 0. The average molecular weight is 461 g/mol. The molecule has 2 amide bonds. The van der Waals surface area contributed by atoms with E-state index < -0.39 is 18.1 Å². The topological polar surface area (TPSA) is 49.9 Å². The van der Waals surface area contributed by atoms with Gasteiger partial charge in [-0.15, -0.1) is 0 Å². The number of carbonyl (C=O) groups is 2. The smallest absolute Gasteiger partial charge is 0.266 e. The van der Waals surface area contributed by atoms with E-state index in [2.05, 4.69) is 0 Å². The Morgan fingerprint density at radius 2 is 1.29 bits per heavy atom. The van der Waals surface area contributed by atoms with Gasteiger partial charge >= 0.3 is 0 Å². The zero-order valence-electron chi connectivity index (χ0n) is 19.2. The minimum Gasteiger partial charge on any atom is -0.273 e. The molecule has 4 aromatic carbocycles. The minimum absolute atomic E-state index is 0.239. The average Bonchev–Trinajstić information content (AvgIpc) is 3.41. The van der Waals surface area contributed by atoms with Crippen LogP contribution in [-0.4, -0.2) is 17.9 Å². The molecule has 0 saturated carbocycles. The van der Waals surface area contributed by atoms with Gasteiger partial charge in [-0.2, -0.15) is 0 Å². The van der Waals surface area contributed by atoms with Crippen LogP contribution in [0, 0.1) is 12.8 Å². The van der Waals surface area contributed by atoms with Gasteiger partial charge in [0.25, 0.3) is 5.91 Å². The molecule has 5 heteroatoms. The van der Waals surface area contributed by atoms with E-state index in [-0.39, 0.29) is 11.8 Å². The maximum atomic E-state index is 13.9. The van der Waals surface area contributed by atoms with Gasteiger partial charge in [-0.1, -0.05) is 84.9 Å². The molecule has 2 fully saturated rings. The van der Waals surface area contributed by atoms with Crippen molar-refractivity contribution < 1.29 is 14.4 Å². The summed E-state index contributed by atoms with van der Waals surface area (Å²) in [6.45, 7) is 2.02. The second-order valence-electron chi connectivity index (χ2n) is 8.94. The number of para-hydroxylation sites is 1. The third kappa shape index (κ3) is 3.52. The quantitative estimate of drug-likeness (QED) is 0.366. The molecule has 2 aliphatic heterocycles. The first-order valence-corrected chi connectivity index (χ1v) is 11.7. The molecule has 3 atom stereocenters. The van der Waals surface area contributed by atoms with E-state index in [4.69, 9.17) is 4.84 Å². The summed E-state index contributed by atoms with van der Waals surface area (Å²) in [6, 6.07) is 34.7. The Balaban J connectivity index is 1.41. The Kier molecular flexibility index (Phi) is 5.20. The van der Waals surface area contributed by atoms with E-state index in [0.29, 0.717) is 5.69 Å². The van der Waals surface area contributed by atoms with E-state index >= 15 is 0 Å². The molecule has 2 saturated heterocycles. The molecule has 0 aromatic heterocycles. The highest BCUT2D eigenvalue weighted by atomic mass is 16.7. The first-order chi connectivity index (χ1) is 17.1. The van der Waals surface area contributed by atoms with Gasteiger partial charge in [-0.3, -0.25) is 14.4 Å². The molecule has 0 aliphatic carbocycles. The molecule has 0 bridgehead atoms. The number of hydrogen-bond acceptors (Lipinski definition) is 4. The van der Waals surface area contributed by atoms with Gasteiger partial charge in [0.2, 0.25) is 5.91 Å². The lowest BCUT2D eigenvalue weighted by atomic mass is 9.88. The maximum absolute atomic E-state index is 13.9. The van der Waals surface area contributed by atoms with Crippen molar-refractivity contribution in [2.75, 3.05) is 9.96 Å². The van der Waals surface area contributed by atoms with Crippen LogP contribution >= 0.6 is 0 Å². The summed E-state index contributed by atoms with van der Waals surface area (Å²) in [4.78, 5) is 35.1. The van der Waals surface area contributed by atoms with Gasteiger partial charge in [-0.05, 0) is 53.4 Å². The lowest BCUT2D eigenvalue weighted by Crippen LogP contribution is -2.37. The number of benzene rings is 4. The molecule has 0 radical (unpaired) electrons. The fourth-order valence-electron chi connectivity index (χ4n) is 5.16. The molecule has 2 heterocycles. The predicted molar refractivity (Wildman–Crippen MR) is 136 cm³/mol. The van der Waals surface area contributed by atoms with Gasteiger partial charge in [-0.25, -0.2) is 9.96 Å². The zero-order chi connectivity index (χ0) is 23.9. The van der Waals surface area contributed by atoms with Crippen molar-refractivity contribution in [2.24, 2.45) is 5.92 Å². The van der Waals surface area contributed by atoms with E-state index in [1.165, 1.54) is 4.90 Å². The van der Waals surface area contributed by atoms with Gasteiger partial charge in [0, 0.05) is 0 Å². The van der Waals surface area contributed by atoms with Crippen LogP contribution in [0.4, 0.5) is 11.4 Å². The van der Waals surface area contributed by atoms with Crippen molar-refractivity contribution in [3.63, 3.8) is 0 Å². The number of rotatable bonds is 4. The first kappa shape index (κ1) is 21.3. The standard InChI is InChI=1S/C30H24N2O3/c1-20-11-8-9-18-25(20)27-26-28(35-32(27)23-15-6-3-7-16-23)30(34)31(29(26)33)24-17-10-14-22(19-24)21-12-4-2-5-13-21/h2-19,26-28H,1H3/t26-,27+,28+/m0/s1. The van der Waals surface area contributed by atoms with E-state index in [1.54, 1.807) is 11.1 Å². The van der Waals surface area contributed by atoms with Gasteiger partial charge in [0.05, 0.1) is 17.4 Å².